The van der Waals surface area contributed by atoms with E-state index in [-0.39, 0.29) is 16.5 Å². The lowest BCUT2D eigenvalue weighted by Crippen LogP contribution is -2.52. The van der Waals surface area contributed by atoms with Gasteiger partial charge in [-0.3, -0.25) is 19.4 Å². The molecule has 29 heavy (non-hydrogen) atoms. The summed E-state index contributed by atoms with van der Waals surface area (Å²) in [7, 11) is 3.09. The smallest absolute Gasteiger partial charge is 0.265 e. The third-order valence-corrected chi connectivity index (χ3v) is 6.42. The lowest BCUT2D eigenvalue weighted by Gasteiger charge is -2.31. The van der Waals surface area contributed by atoms with Crippen molar-refractivity contribution < 1.29 is 18.7 Å². The number of hydrogen-bond donors (Lipinski definition) is 0. The summed E-state index contributed by atoms with van der Waals surface area (Å²) in [4.78, 5) is 27.5. The SMILES string of the molecule is CN1C(=O)C(=Cc2cc(I)c(OCc3ccc(F)cc3)c(I)c2)C(=O)N(C)C1=S. The Balaban J connectivity index is 1.86. The van der Waals surface area contributed by atoms with E-state index in [4.69, 9.17) is 17.0 Å². The molecule has 2 amide bonds. The molecule has 1 fully saturated rings. The highest BCUT2D eigenvalue weighted by Crippen LogP contribution is 2.31. The Kier molecular flexibility index (Phi) is 6.89. The van der Waals surface area contributed by atoms with E-state index in [0.29, 0.717) is 17.9 Å². The van der Waals surface area contributed by atoms with Gasteiger partial charge in [-0.05, 0) is 98.9 Å². The van der Waals surface area contributed by atoms with Crippen LogP contribution in [0.3, 0.4) is 0 Å². The zero-order valence-electron chi connectivity index (χ0n) is 15.4. The van der Waals surface area contributed by atoms with Gasteiger partial charge in [-0.25, -0.2) is 4.39 Å². The van der Waals surface area contributed by atoms with Crippen LogP contribution in [0.5, 0.6) is 5.75 Å². The molecular weight excluding hydrogens is 621 g/mol. The molecule has 0 bridgehead atoms. The second-order valence-electron chi connectivity index (χ2n) is 6.30. The van der Waals surface area contributed by atoms with Crippen LogP contribution in [-0.4, -0.2) is 40.8 Å². The van der Waals surface area contributed by atoms with Crippen molar-refractivity contribution >= 4 is 80.4 Å². The van der Waals surface area contributed by atoms with E-state index in [2.05, 4.69) is 45.2 Å². The lowest BCUT2D eigenvalue weighted by atomic mass is 10.1. The van der Waals surface area contributed by atoms with E-state index in [0.717, 1.165) is 12.7 Å². The van der Waals surface area contributed by atoms with Crippen molar-refractivity contribution in [1.29, 1.82) is 0 Å². The van der Waals surface area contributed by atoms with E-state index < -0.39 is 11.8 Å². The first-order chi connectivity index (χ1) is 13.7. The van der Waals surface area contributed by atoms with Crippen molar-refractivity contribution in [2.45, 2.75) is 6.61 Å². The zero-order chi connectivity index (χ0) is 21.3. The first-order valence-electron chi connectivity index (χ1n) is 8.37. The molecule has 2 aromatic carbocycles. The number of thiocarbonyl (C=S) groups is 1. The first-order valence-corrected chi connectivity index (χ1v) is 10.9. The fraction of sp³-hybridized carbons (Fsp3) is 0.150. The molecule has 9 heteroatoms. The third kappa shape index (κ3) is 4.77. The third-order valence-electron chi connectivity index (χ3n) is 4.27. The van der Waals surface area contributed by atoms with E-state index in [1.807, 2.05) is 12.1 Å². The molecule has 0 unspecified atom stereocenters. The summed E-state index contributed by atoms with van der Waals surface area (Å²) in [6.07, 6.45) is 1.56. The van der Waals surface area contributed by atoms with Crippen molar-refractivity contribution in [2.75, 3.05) is 14.1 Å². The largest absolute Gasteiger partial charge is 0.487 e. The van der Waals surface area contributed by atoms with E-state index >= 15 is 0 Å². The molecular formula is C20H15FI2N2O3S. The normalized spacial score (nSPS) is 14.5. The molecule has 0 N–H and O–H groups in total. The van der Waals surface area contributed by atoms with Gasteiger partial charge in [0.25, 0.3) is 11.8 Å². The molecule has 0 spiro atoms. The van der Waals surface area contributed by atoms with Gasteiger partial charge in [0.1, 0.15) is 23.7 Å². The van der Waals surface area contributed by atoms with Gasteiger partial charge in [0.2, 0.25) is 0 Å². The summed E-state index contributed by atoms with van der Waals surface area (Å²) in [5.74, 6) is -0.465. The molecule has 0 atom stereocenters. The maximum absolute atomic E-state index is 13.0. The standard InChI is InChI=1S/C20H15FI2N2O3S/c1-24-18(26)14(19(27)25(2)20(24)29)7-12-8-15(22)17(16(23)9-12)28-10-11-3-5-13(21)6-4-11/h3-9H,10H2,1-2H3. The maximum atomic E-state index is 13.0. The number of carbonyl (C=O) groups excluding carboxylic acids is 2. The van der Waals surface area contributed by atoms with Crippen LogP contribution >= 0.6 is 57.4 Å². The number of likely N-dealkylation sites (N-methyl/N-ethyl adjacent to an activating group) is 2. The van der Waals surface area contributed by atoms with Gasteiger partial charge in [-0.2, -0.15) is 0 Å². The number of ether oxygens (including phenoxy) is 1. The highest BCUT2D eigenvalue weighted by molar-refractivity contribution is 14.1. The van der Waals surface area contributed by atoms with Crippen molar-refractivity contribution in [3.8, 4) is 5.75 Å². The summed E-state index contributed by atoms with van der Waals surface area (Å²) in [6, 6.07) is 9.80. The zero-order valence-corrected chi connectivity index (χ0v) is 20.5. The summed E-state index contributed by atoms with van der Waals surface area (Å²) < 4.78 is 20.6. The first kappa shape index (κ1) is 22.1. The van der Waals surface area contributed by atoms with Crippen LogP contribution in [0.15, 0.2) is 42.0 Å². The van der Waals surface area contributed by atoms with Crippen LogP contribution in [-0.2, 0) is 16.2 Å². The molecule has 0 saturated carbocycles. The molecule has 1 heterocycles. The minimum Gasteiger partial charge on any atom is -0.487 e. The predicted octanol–water partition coefficient (Wildman–Crippen LogP) is 4.21. The van der Waals surface area contributed by atoms with Crippen LogP contribution in [0.25, 0.3) is 6.08 Å². The average Bonchev–Trinajstić information content (AvgIpc) is 2.69. The fourth-order valence-electron chi connectivity index (χ4n) is 2.68. The van der Waals surface area contributed by atoms with Gasteiger partial charge in [0.05, 0.1) is 7.14 Å². The summed E-state index contributed by atoms with van der Waals surface area (Å²) in [5, 5.41) is 0.172. The van der Waals surface area contributed by atoms with E-state index in [1.165, 1.54) is 21.9 Å². The minimum absolute atomic E-state index is 0.0511. The summed E-state index contributed by atoms with van der Waals surface area (Å²) >= 11 is 9.39. The number of rotatable bonds is 4. The molecule has 1 aliphatic heterocycles. The quantitative estimate of drug-likeness (QED) is 0.219. The molecule has 2 aromatic rings. The van der Waals surface area contributed by atoms with Gasteiger partial charge in [-0.1, -0.05) is 12.1 Å². The number of hydrogen-bond acceptors (Lipinski definition) is 4. The molecule has 0 radical (unpaired) electrons. The van der Waals surface area contributed by atoms with E-state index in [1.54, 1.807) is 32.3 Å². The molecule has 150 valence electrons. The Hall–Kier alpha value is -1.60. The number of halogens is 3. The predicted molar refractivity (Wildman–Crippen MR) is 129 cm³/mol. The van der Waals surface area contributed by atoms with Crippen LogP contribution < -0.4 is 4.74 Å². The van der Waals surface area contributed by atoms with Crippen LogP contribution in [0.4, 0.5) is 4.39 Å². The topological polar surface area (TPSA) is 49.9 Å². The van der Waals surface area contributed by atoms with Crippen LogP contribution in [0.1, 0.15) is 11.1 Å². The fourth-order valence-corrected chi connectivity index (χ4v) is 4.97. The van der Waals surface area contributed by atoms with Crippen LogP contribution in [0.2, 0.25) is 0 Å². The number of nitrogens with zero attached hydrogens (tertiary/aromatic N) is 2. The molecule has 3 rings (SSSR count). The Labute approximate surface area is 200 Å². The van der Waals surface area contributed by atoms with Crippen molar-refractivity contribution in [2.24, 2.45) is 0 Å². The molecule has 0 aliphatic carbocycles. The molecule has 5 nitrogen and oxygen atoms in total. The van der Waals surface area contributed by atoms with Gasteiger partial charge >= 0.3 is 0 Å². The monoisotopic (exact) mass is 636 g/mol. The van der Waals surface area contributed by atoms with Gasteiger partial charge in [0.15, 0.2) is 5.11 Å². The maximum Gasteiger partial charge on any atom is 0.265 e. The second-order valence-corrected chi connectivity index (χ2v) is 8.99. The second kappa shape index (κ2) is 9.04. The average molecular weight is 636 g/mol. The van der Waals surface area contributed by atoms with Gasteiger partial charge < -0.3 is 4.74 Å². The van der Waals surface area contributed by atoms with Crippen molar-refractivity contribution in [1.82, 2.24) is 9.80 Å². The highest BCUT2D eigenvalue weighted by Gasteiger charge is 2.35. The Morgan fingerprint density at radius 3 is 2.07 bits per heavy atom. The Morgan fingerprint density at radius 1 is 1.03 bits per heavy atom. The molecule has 0 aromatic heterocycles. The van der Waals surface area contributed by atoms with E-state index in [9.17, 15) is 14.0 Å². The summed E-state index contributed by atoms with van der Waals surface area (Å²) in [6.45, 7) is 0.302. The molecule has 1 saturated heterocycles. The van der Waals surface area contributed by atoms with Gasteiger partial charge in [-0.15, -0.1) is 0 Å². The summed E-state index contributed by atoms with van der Waals surface area (Å²) in [5.41, 5.74) is 1.61. The minimum atomic E-state index is -0.431. The number of amides is 2. The van der Waals surface area contributed by atoms with Crippen molar-refractivity contribution in [3.05, 3.63) is 66.1 Å². The molecule has 1 aliphatic rings. The van der Waals surface area contributed by atoms with Crippen LogP contribution in [0, 0.1) is 13.0 Å². The Bertz CT molecular complexity index is 992. The van der Waals surface area contributed by atoms with Crippen molar-refractivity contribution in [3.63, 3.8) is 0 Å². The highest BCUT2D eigenvalue weighted by atomic mass is 127. The number of benzene rings is 2. The van der Waals surface area contributed by atoms with Gasteiger partial charge in [0, 0.05) is 14.1 Å². The number of carbonyl (C=O) groups is 2. The lowest BCUT2D eigenvalue weighted by molar-refractivity contribution is -0.132. The Morgan fingerprint density at radius 2 is 1.55 bits per heavy atom.